The molecule has 1 aromatic carbocycles. The van der Waals surface area contributed by atoms with Crippen LogP contribution in [0.15, 0.2) is 48.9 Å². The standard InChI is InChI=1S/C14H15N3O/c1-2-17(10-12-6-4-3-5-7-12)14(18)13-8-9-15-11-16-13/h3-9,11H,2,10H2,1H3. The number of rotatable bonds is 4. The predicted molar refractivity (Wildman–Crippen MR) is 68.9 cm³/mol. The van der Waals surface area contributed by atoms with E-state index in [-0.39, 0.29) is 5.91 Å². The van der Waals surface area contributed by atoms with Gasteiger partial charge in [-0.25, -0.2) is 9.97 Å². The Morgan fingerprint density at radius 2 is 2.00 bits per heavy atom. The molecule has 4 heteroatoms. The van der Waals surface area contributed by atoms with Gasteiger partial charge in [-0.2, -0.15) is 0 Å². The highest BCUT2D eigenvalue weighted by molar-refractivity contribution is 5.92. The first-order valence-electron chi connectivity index (χ1n) is 5.90. The van der Waals surface area contributed by atoms with Crippen LogP contribution in [0.25, 0.3) is 0 Å². The van der Waals surface area contributed by atoms with Gasteiger partial charge in [0.15, 0.2) is 0 Å². The van der Waals surface area contributed by atoms with E-state index in [1.807, 2.05) is 37.3 Å². The molecule has 0 saturated carbocycles. The molecule has 2 aromatic rings. The van der Waals surface area contributed by atoms with Gasteiger partial charge in [-0.3, -0.25) is 4.79 Å². The second-order valence-corrected chi connectivity index (χ2v) is 3.90. The van der Waals surface area contributed by atoms with Gasteiger partial charge in [-0.1, -0.05) is 30.3 Å². The van der Waals surface area contributed by atoms with Gasteiger partial charge in [0, 0.05) is 19.3 Å². The normalized spacial score (nSPS) is 10.1. The molecule has 1 aromatic heterocycles. The maximum atomic E-state index is 12.2. The van der Waals surface area contributed by atoms with Crippen molar-refractivity contribution in [2.24, 2.45) is 0 Å². The lowest BCUT2D eigenvalue weighted by Gasteiger charge is -2.20. The molecule has 18 heavy (non-hydrogen) atoms. The summed E-state index contributed by atoms with van der Waals surface area (Å²) < 4.78 is 0. The minimum Gasteiger partial charge on any atom is -0.333 e. The molecular formula is C14H15N3O. The molecule has 92 valence electrons. The maximum absolute atomic E-state index is 12.2. The van der Waals surface area contributed by atoms with Crippen molar-refractivity contribution in [2.45, 2.75) is 13.5 Å². The van der Waals surface area contributed by atoms with Crippen LogP contribution in [0, 0.1) is 0 Å². The first kappa shape index (κ1) is 12.2. The zero-order valence-corrected chi connectivity index (χ0v) is 10.3. The molecule has 0 aliphatic carbocycles. The largest absolute Gasteiger partial charge is 0.333 e. The van der Waals surface area contributed by atoms with Crippen LogP contribution < -0.4 is 0 Å². The Morgan fingerprint density at radius 1 is 1.22 bits per heavy atom. The van der Waals surface area contributed by atoms with Crippen molar-refractivity contribution in [2.75, 3.05) is 6.54 Å². The summed E-state index contributed by atoms with van der Waals surface area (Å²) in [7, 11) is 0. The second kappa shape index (κ2) is 5.91. The molecule has 0 bridgehead atoms. The Morgan fingerprint density at radius 3 is 2.61 bits per heavy atom. The first-order chi connectivity index (χ1) is 8.81. The zero-order valence-electron chi connectivity index (χ0n) is 10.3. The fraction of sp³-hybridized carbons (Fsp3) is 0.214. The van der Waals surface area contributed by atoms with Crippen LogP contribution in [0.2, 0.25) is 0 Å². The van der Waals surface area contributed by atoms with Gasteiger partial charge in [-0.15, -0.1) is 0 Å². The van der Waals surface area contributed by atoms with E-state index in [2.05, 4.69) is 9.97 Å². The molecule has 4 nitrogen and oxygen atoms in total. The first-order valence-corrected chi connectivity index (χ1v) is 5.90. The van der Waals surface area contributed by atoms with Crippen molar-refractivity contribution in [3.63, 3.8) is 0 Å². The summed E-state index contributed by atoms with van der Waals surface area (Å²) >= 11 is 0. The molecule has 0 aliphatic rings. The van der Waals surface area contributed by atoms with Gasteiger partial charge >= 0.3 is 0 Å². The fourth-order valence-corrected chi connectivity index (χ4v) is 1.71. The Kier molecular flexibility index (Phi) is 4.02. The van der Waals surface area contributed by atoms with Gasteiger partial charge in [-0.05, 0) is 18.6 Å². The minimum absolute atomic E-state index is 0.0660. The third kappa shape index (κ3) is 2.91. The van der Waals surface area contributed by atoms with Gasteiger partial charge in [0.2, 0.25) is 0 Å². The summed E-state index contributed by atoms with van der Waals surface area (Å²) in [4.78, 5) is 21.8. The molecule has 0 fully saturated rings. The van der Waals surface area contributed by atoms with E-state index in [4.69, 9.17) is 0 Å². The quantitative estimate of drug-likeness (QED) is 0.823. The van der Waals surface area contributed by atoms with E-state index in [9.17, 15) is 4.79 Å². The number of nitrogens with zero attached hydrogens (tertiary/aromatic N) is 3. The monoisotopic (exact) mass is 241 g/mol. The Balaban J connectivity index is 2.12. The molecule has 1 heterocycles. The summed E-state index contributed by atoms with van der Waals surface area (Å²) in [6.07, 6.45) is 2.97. The SMILES string of the molecule is CCN(Cc1ccccc1)C(=O)c1ccncn1. The lowest BCUT2D eigenvalue weighted by Crippen LogP contribution is -2.30. The summed E-state index contributed by atoms with van der Waals surface area (Å²) in [5, 5.41) is 0. The highest BCUT2D eigenvalue weighted by Gasteiger charge is 2.15. The summed E-state index contributed by atoms with van der Waals surface area (Å²) in [6.45, 7) is 3.21. The summed E-state index contributed by atoms with van der Waals surface area (Å²) in [5.74, 6) is -0.0660. The number of carbonyl (C=O) groups excluding carboxylic acids is 1. The van der Waals surface area contributed by atoms with E-state index in [1.165, 1.54) is 6.33 Å². The molecule has 0 saturated heterocycles. The Hall–Kier alpha value is -2.23. The third-order valence-corrected chi connectivity index (χ3v) is 2.69. The number of amides is 1. The lowest BCUT2D eigenvalue weighted by molar-refractivity contribution is 0.0746. The molecule has 0 unspecified atom stereocenters. The van der Waals surface area contributed by atoms with Gasteiger partial charge in [0.25, 0.3) is 5.91 Å². The molecule has 0 spiro atoms. The average Bonchev–Trinajstić information content (AvgIpc) is 2.46. The van der Waals surface area contributed by atoms with Crippen LogP contribution >= 0.6 is 0 Å². The zero-order chi connectivity index (χ0) is 12.8. The van der Waals surface area contributed by atoms with Crippen LogP contribution in [0.3, 0.4) is 0 Å². The molecular weight excluding hydrogens is 226 g/mol. The second-order valence-electron chi connectivity index (χ2n) is 3.90. The maximum Gasteiger partial charge on any atom is 0.272 e. The van der Waals surface area contributed by atoms with Crippen LogP contribution in [0.1, 0.15) is 23.0 Å². The van der Waals surface area contributed by atoms with Crippen molar-refractivity contribution >= 4 is 5.91 Å². The predicted octanol–water partition coefficient (Wildman–Crippen LogP) is 2.14. The molecule has 0 aliphatic heterocycles. The molecule has 2 rings (SSSR count). The topological polar surface area (TPSA) is 46.1 Å². The average molecular weight is 241 g/mol. The molecule has 1 amide bonds. The summed E-state index contributed by atoms with van der Waals surface area (Å²) in [6, 6.07) is 11.6. The minimum atomic E-state index is -0.0660. The highest BCUT2D eigenvalue weighted by atomic mass is 16.2. The Labute approximate surface area is 106 Å². The molecule has 0 atom stereocenters. The van der Waals surface area contributed by atoms with E-state index < -0.39 is 0 Å². The number of carbonyl (C=O) groups is 1. The van der Waals surface area contributed by atoms with Crippen LogP contribution in [0.4, 0.5) is 0 Å². The third-order valence-electron chi connectivity index (χ3n) is 2.69. The van der Waals surface area contributed by atoms with Crippen LogP contribution in [-0.2, 0) is 6.54 Å². The van der Waals surface area contributed by atoms with Gasteiger partial charge in [0.05, 0.1) is 0 Å². The fourth-order valence-electron chi connectivity index (χ4n) is 1.71. The number of hydrogen-bond donors (Lipinski definition) is 0. The van der Waals surface area contributed by atoms with Crippen molar-refractivity contribution in [1.29, 1.82) is 0 Å². The van der Waals surface area contributed by atoms with Crippen LogP contribution in [-0.4, -0.2) is 27.3 Å². The van der Waals surface area contributed by atoms with E-state index in [0.717, 1.165) is 5.56 Å². The van der Waals surface area contributed by atoms with Crippen molar-refractivity contribution in [3.8, 4) is 0 Å². The molecule has 0 N–H and O–H groups in total. The highest BCUT2D eigenvalue weighted by Crippen LogP contribution is 2.07. The smallest absolute Gasteiger partial charge is 0.272 e. The lowest BCUT2D eigenvalue weighted by atomic mass is 10.2. The van der Waals surface area contributed by atoms with E-state index in [0.29, 0.717) is 18.8 Å². The van der Waals surface area contributed by atoms with E-state index >= 15 is 0 Å². The summed E-state index contributed by atoms with van der Waals surface area (Å²) in [5.41, 5.74) is 1.55. The van der Waals surface area contributed by atoms with Crippen molar-refractivity contribution < 1.29 is 4.79 Å². The van der Waals surface area contributed by atoms with Gasteiger partial charge in [0.1, 0.15) is 12.0 Å². The van der Waals surface area contributed by atoms with Gasteiger partial charge < -0.3 is 4.90 Å². The Bertz CT molecular complexity index is 499. The van der Waals surface area contributed by atoms with Crippen molar-refractivity contribution in [3.05, 3.63) is 60.2 Å². The van der Waals surface area contributed by atoms with Crippen molar-refractivity contribution in [1.82, 2.24) is 14.9 Å². The number of benzene rings is 1. The van der Waals surface area contributed by atoms with E-state index in [1.54, 1.807) is 17.2 Å². The molecule has 0 radical (unpaired) electrons. The number of aromatic nitrogens is 2. The van der Waals surface area contributed by atoms with Crippen LogP contribution in [0.5, 0.6) is 0 Å². The number of hydrogen-bond acceptors (Lipinski definition) is 3.